The Morgan fingerprint density at radius 3 is 2.61 bits per heavy atom. The fourth-order valence-corrected chi connectivity index (χ4v) is 1.92. The Balaban J connectivity index is 1.81. The number of nitrogens with zero attached hydrogens (tertiary/aromatic N) is 1. The molecule has 0 fully saturated rings. The second-order valence-electron chi connectivity index (χ2n) is 4.94. The van der Waals surface area contributed by atoms with Crippen molar-refractivity contribution in [2.45, 2.75) is 13.0 Å². The number of pyridine rings is 1. The van der Waals surface area contributed by atoms with E-state index in [2.05, 4.69) is 10.3 Å². The van der Waals surface area contributed by atoms with Gasteiger partial charge in [0.25, 0.3) is 0 Å². The van der Waals surface area contributed by atoms with Gasteiger partial charge in [0.05, 0.1) is 13.7 Å². The monoisotopic (exact) mass is 312 g/mol. The molecule has 0 bridgehead atoms. The summed E-state index contributed by atoms with van der Waals surface area (Å²) in [5.41, 5.74) is 0.925. The highest BCUT2D eigenvalue weighted by atomic mass is 16.5. The molecule has 5 nitrogen and oxygen atoms in total. The maximum Gasteiger partial charge on any atom is 0.244 e. The number of rotatable bonds is 7. The SMILES string of the molecule is COc1ccccc1O[C@H](C)CNC(=O)/C=C/c1ccncc1. The van der Waals surface area contributed by atoms with Crippen molar-refractivity contribution in [3.8, 4) is 11.5 Å². The number of carbonyl (C=O) groups excluding carboxylic acids is 1. The molecule has 0 unspecified atom stereocenters. The smallest absolute Gasteiger partial charge is 0.244 e. The summed E-state index contributed by atoms with van der Waals surface area (Å²) in [4.78, 5) is 15.7. The molecular weight excluding hydrogens is 292 g/mol. The normalized spacial score (nSPS) is 11.9. The highest BCUT2D eigenvalue weighted by molar-refractivity contribution is 5.91. The van der Waals surface area contributed by atoms with Gasteiger partial charge >= 0.3 is 0 Å². The Kier molecular flexibility index (Phi) is 6.17. The Labute approximate surface area is 136 Å². The van der Waals surface area contributed by atoms with Crippen LogP contribution in [0.1, 0.15) is 12.5 Å². The maximum atomic E-state index is 11.8. The Morgan fingerprint density at radius 2 is 1.91 bits per heavy atom. The van der Waals surface area contributed by atoms with Gasteiger partial charge in [-0.25, -0.2) is 0 Å². The van der Waals surface area contributed by atoms with Crippen LogP contribution in [0.15, 0.2) is 54.9 Å². The van der Waals surface area contributed by atoms with Gasteiger partial charge in [0.2, 0.25) is 5.91 Å². The van der Waals surface area contributed by atoms with Crippen molar-refractivity contribution < 1.29 is 14.3 Å². The predicted molar refractivity (Wildman–Crippen MR) is 89.4 cm³/mol. The molecule has 23 heavy (non-hydrogen) atoms. The highest BCUT2D eigenvalue weighted by Gasteiger charge is 2.09. The molecule has 0 saturated heterocycles. The number of benzene rings is 1. The third-order valence-corrected chi connectivity index (χ3v) is 3.09. The highest BCUT2D eigenvalue weighted by Crippen LogP contribution is 2.26. The molecule has 0 radical (unpaired) electrons. The van der Waals surface area contributed by atoms with Crippen molar-refractivity contribution in [1.29, 1.82) is 0 Å². The number of nitrogens with one attached hydrogen (secondary N) is 1. The van der Waals surface area contributed by atoms with E-state index < -0.39 is 0 Å². The van der Waals surface area contributed by atoms with Crippen LogP contribution in [0.25, 0.3) is 6.08 Å². The van der Waals surface area contributed by atoms with Crippen molar-refractivity contribution in [2.75, 3.05) is 13.7 Å². The number of hydrogen-bond acceptors (Lipinski definition) is 4. The Morgan fingerprint density at radius 1 is 1.22 bits per heavy atom. The van der Waals surface area contributed by atoms with Crippen LogP contribution in [0.5, 0.6) is 11.5 Å². The van der Waals surface area contributed by atoms with Crippen LogP contribution in [-0.2, 0) is 4.79 Å². The van der Waals surface area contributed by atoms with Gasteiger partial charge in [0.1, 0.15) is 6.10 Å². The largest absolute Gasteiger partial charge is 0.493 e. The Hall–Kier alpha value is -2.82. The second-order valence-corrected chi connectivity index (χ2v) is 4.94. The summed E-state index contributed by atoms with van der Waals surface area (Å²) in [6.45, 7) is 2.29. The molecule has 5 heteroatoms. The molecule has 2 aromatic rings. The van der Waals surface area contributed by atoms with Gasteiger partial charge in [-0.05, 0) is 42.8 Å². The number of amides is 1. The molecule has 0 aliphatic carbocycles. The molecule has 1 aromatic heterocycles. The van der Waals surface area contributed by atoms with Gasteiger partial charge in [-0.15, -0.1) is 0 Å². The fourth-order valence-electron chi connectivity index (χ4n) is 1.92. The van der Waals surface area contributed by atoms with Gasteiger partial charge in [-0.1, -0.05) is 12.1 Å². The van der Waals surface area contributed by atoms with E-state index in [0.717, 1.165) is 5.56 Å². The van der Waals surface area contributed by atoms with E-state index in [-0.39, 0.29) is 12.0 Å². The lowest BCUT2D eigenvalue weighted by Gasteiger charge is -2.16. The minimum absolute atomic E-state index is 0.169. The van der Waals surface area contributed by atoms with Crippen LogP contribution < -0.4 is 14.8 Å². The first-order valence-electron chi connectivity index (χ1n) is 7.34. The number of ether oxygens (including phenoxy) is 2. The molecular formula is C18H20N2O3. The first-order chi connectivity index (χ1) is 11.2. The van der Waals surface area contributed by atoms with Crippen LogP contribution in [0.2, 0.25) is 0 Å². The summed E-state index contributed by atoms with van der Waals surface area (Å²) in [5, 5.41) is 2.80. The van der Waals surface area contributed by atoms with E-state index in [1.54, 1.807) is 25.6 Å². The molecule has 1 aromatic carbocycles. The van der Waals surface area contributed by atoms with E-state index in [9.17, 15) is 4.79 Å². The summed E-state index contributed by atoms with van der Waals surface area (Å²) in [6, 6.07) is 11.1. The molecule has 0 spiro atoms. The van der Waals surface area contributed by atoms with Crippen molar-refractivity contribution in [2.24, 2.45) is 0 Å². The van der Waals surface area contributed by atoms with Crippen LogP contribution in [0.4, 0.5) is 0 Å². The van der Waals surface area contributed by atoms with Crippen molar-refractivity contribution in [1.82, 2.24) is 10.3 Å². The molecule has 120 valence electrons. The van der Waals surface area contributed by atoms with Gasteiger partial charge in [0, 0.05) is 18.5 Å². The first kappa shape index (κ1) is 16.5. The van der Waals surface area contributed by atoms with Crippen molar-refractivity contribution in [3.63, 3.8) is 0 Å². The zero-order valence-electron chi connectivity index (χ0n) is 13.2. The average Bonchev–Trinajstić information content (AvgIpc) is 2.59. The van der Waals surface area contributed by atoms with Gasteiger partial charge in [0.15, 0.2) is 11.5 Å². The molecule has 0 saturated carbocycles. The van der Waals surface area contributed by atoms with Crippen LogP contribution in [0, 0.1) is 0 Å². The number of hydrogen-bond donors (Lipinski definition) is 1. The van der Waals surface area contributed by atoms with Crippen LogP contribution >= 0.6 is 0 Å². The average molecular weight is 312 g/mol. The minimum Gasteiger partial charge on any atom is -0.493 e. The summed E-state index contributed by atoms with van der Waals surface area (Å²) < 4.78 is 11.0. The van der Waals surface area contributed by atoms with E-state index in [1.165, 1.54) is 6.08 Å². The third-order valence-electron chi connectivity index (χ3n) is 3.09. The summed E-state index contributed by atoms with van der Waals surface area (Å²) in [7, 11) is 1.60. The lowest BCUT2D eigenvalue weighted by Crippen LogP contribution is -2.32. The van der Waals surface area contributed by atoms with E-state index >= 15 is 0 Å². The number of aromatic nitrogens is 1. The molecule has 0 aliphatic rings. The predicted octanol–water partition coefficient (Wildman–Crippen LogP) is 2.69. The molecule has 1 N–H and O–H groups in total. The van der Waals surface area contributed by atoms with Gasteiger partial charge < -0.3 is 14.8 Å². The molecule has 1 amide bonds. The molecule has 0 aliphatic heterocycles. The molecule has 1 atom stereocenters. The van der Waals surface area contributed by atoms with E-state index in [4.69, 9.17) is 9.47 Å². The number of carbonyl (C=O) groups is 1. The molecule has 2 rings (SSSR count). The lowest BCUT2D eigenvalue weighted by molar-refractivity contribution is -0.116. The van der Waals surface area contributed by atoms with Crippen molar-refractivity contribution >= 4 is 12.0 Å². The zero-order chi connectivity index (χ0) is 16.5. The third kappa shape index (κ3) is 5.47. The second kappa shape index (κ2) is 8.58. The van der Waals surface area contributed by atoms with Gasteiger partial charge in [-0.3, -0.25) is 9.78 Å². The van der Waals surface area contributed by atoms with Crippen molar-refractivity contribution in [3.05, 3.63) is 60.4 Å². The minimum atomic E-state index is -0.176. The topological polar surface area (TPSA) is 60.5 Å². The lowest BCUT2D eigenvalue weighted by atomic mass is 10.2. The van der Waals surface area contributed by atoms with E-state index in [1.807, 2.05) is 43.3 Å². The number of para-hydroxylation sites is 2. The summed E-state index contributed by atoms with van der Waals surface area (Å²) in [6.07, 6.45) is 6.42. The number of methoxy groups -OCH3 is 1. The molecule has 1 heterocycles. The van der Waals surface area contributed by atoms with Gasteiger partial charge in [-0.2, -0.15) is 0 Å². The Bertz CT molecular complexity index is 656. The van der Waals surface area contributed by atoms with E-state index in [0.29, 0.717) is 18.0 Å². The first-order valence-corrected chi connectivity index (χ1v) is 7.34. The standard InChI is InChI=1S/C18H20N2O3/c1-14(23-17-6-4-3-5-16(17)22-2)13-20-18(21)8-7-15-9-11-19-12-10-15/h3-12,14H,13H2,1-2H3,(H,20,21)/b8-7+/t14-/m1/s1. The summed E-state index contributed by atoms with van der Waals surface area (Å²) >= 11 is 0. The summed E-state index contributed by atoms with van der Waals surface area (Å²) in [5.74, 6) is 1.16. The maximum absolute atomic E-state index is 11.8. The van der Waals surface area contributed by atoms with Crippen LogP contribution in [-0.4, -0.2) is 30.6 Å². The zero-order valence-corrected chi connectivity index (χ0v) is 13.2. The quantitative estimate of drug-likeness (QED) is 0.799. The van der Waals surface area contributed by atoms with Crippen LogP contribution in [0.3, 0.4) is 0 Å². The fraction of sp³-hybridized carbons (Fsp3) is 0.222.